The van der Waals surface area contributed by atoms with E-state index in [9.17, 15) is 19.5 Å². The number of carboxylic acid groups (broad SMARTS) is 1. The number of halogens is 1. The zero-order valence-electron chi connectivity index (χ0n) is 22.6. The maximum Gasteiger partial charge on any atom is 0.323 e. The topological polar surface area (TPSA) is 120 Å². The van der Waals surface area contributed by atoms with Gasteiger partial charge in [-0.2, -0.15) is 0 Å². The third-order valence-electron chi connectivity index (χ3n) is 6.20. The molecule has 9 nitrogen and oxygen atoms in total. The number of carbonyl (C=O) groups is 3. The first-order valence-corrected chi connectivity index (χ1v) is 12.4. The number of ketones is 1. The lowest BCUT2D eigenvalue weighted by atomic mass is 9.84. The molecule has 0 bridgehead atoms. The summed E-state index contributed by atoms with van der Waals surface area (Å²) in [7, 11) is 0. The Balaban J connectivity index is 1.93. The van der Waals surface area contributed by atoms with Gasteiger partial charge in [0, 0.05) is 24.7 Å². The minimum Gasteiger partial charge on any atom is -0.490 e. The fourth-order valence-electron chi connectivity index (χ4n) is 4.47. The highest BCUT2D eigenvalue weighted by Crippen LogP contribution is 2.39. The second kappa shape index (κ2) is 11.2. The van der Waals surface area contributed by atoms with Crippen LogP contribution in [0.5, 0.6) is 11.5 Å². The van der Waals surface area contributed by atoms with Crippen LogP contribution in [-0.4, -0.2) is 59.8 Å². The second-order valence-electron chi connectivity index (χ2n) is 10.0. The SMILES string of the molecule is CCOc1cc2c(c(F)c1OCC)C(=N)N(CC(=O)c1ccc(N(CC(=O)O)C(C)=O)c(C(C)(C)C)c1)C2. The average Bonchev–Trinajstić information content (AvgIpc) is 3.13. The lowest BCUT2D eigenvalue weighted by Crippen LogP contribution is -2.36. The van der Waals surface area contributed by atoms with E-state index in [1.807, 2.05) is 20.8 Å². The van der Waals surface area contributed by atoms with Crippen molar-refractivity contribution in [1.29, 1.82) is 5.41 Å². The molecule has 0 atom stereocenters. The van der Waals surface area contributed by atoms with Crippen molar-refractivity contribution in [3.63, 3.8) is 0 Å². The minimum absolute atomic E-state index is 0.0483. The van der Waals surface area contributed by atoms with Gasteiger partial charge in [-0.25, -0.2) is 4.39 Å². The third-order valence-corrected chi connectivity index (χ3v) is 6.20. The van der Waals surface area contributed by atoms with Crippen molar-refractivity contribution in [2.45, 2.75) is 53.5 Å². The number of hydrogen-bond donors (Lipinski definition) is 2. The monoisotopic (exact) mass is 527 g/mol. The van der Waals surface area contributed by atoms with Gasteiger partial charge in [0.2, 0.25) is 5.91 Å². The van der Waals surface area contributed by atoms with Crippen LogP contribution in [-0.2, 0) is 21.5 Å². The number of anilines is 1. The number of carboxylic acids is 1. The molecule has 38 heavy (non-hydrogen) atoms. The van der Waals surface area contributed by atoms with E-state index < -0.39 is 29.7 Å². The van der Waals surface area contributed by atoms with Crippen LogP contribution in [0.3, 0.4) is 0 Å². The van der Waals surface area contributed by atoms with Gasteiger partial charge in [0.25, 0.3) is 0 Å². The summed E-state index contributed by atoms with van der Waals surface area (Å²) in [5.41, 5.74) is 1.49. The van der Waals surface area contributed by atoms with Gasteiger partial charge in [0.15, 0.2) is 23.1 Å². The summed E-state index contributed by atoms with van der Waals surface area (Å²) in [6.07, 6.45) is 0. The molecule has 1 aliphatic rings. The summed E-state index contributed by atoms with van der Waals surface area (Å²) in [6.45, 7) is 10.5. The van der Waals surface area contributed by atoms with Gasteiger partial charge >= 0.3 is 5.97 Å². The van der Waals surface area contributed by atoms with Gasteiger partial charge in [0.1, 0.15) is 12.4 Å². The molecule has 0 aromatic heterocycles. The number of benzene rings is 2. The highest BCUT2D eigenvalue weighted by molar-refractivity contribution is 6.06. The Hall–Kier alpha value is -3.95. The van der Waals surface area contributed by atoms with Crippen molar-refractivity contribution in [3.05, 3.63) is 52.3 Å². The smallest absolute Gasteiger partial charge is 0.323 e. The Labute approximate surface area is 221 Å². The molecule has 0 aliphatic carbocycles. The molecule has 0 spiro atoms. The predicted octanol–water partition coefficient (Wildman–Crippen LogP) is 4.38. The Morgan fingerprint density at radius 2 is 1.79 bits per heavy atom. The largest absolute Gasteiger partial charge is 0.490 e. The van der Waals surface area contributed by atoms with Crippen molar-refractivity contribution >= 4 is 29.2 Å². The number of ether oxygens (including phenoxy) is 2. The third kappa shape index (κ3) is 5.79. The lowest BCUT2D eigenvalue weighted by molar-refractivity contribution is -0.136. The number of nitrogens with zero attached hydrogens (tertiary/aromatic N) is 2. The number of hydrogen-bond acceptors (Lipinski definition) is 6. The van der Waals surface area contributed by atoms with Crippen molar-refractivity contribution in [3.8, 4) is 11.5 Å². The number of fused-ring (bicyclic) bond motifs is 1. The average molecular weight is 528 g/mol. The number of Topliss-reactive ketones (excluding diaryl/α,β-unsaturated/α-hetero) is 1. The van der Waals surface area contributed by atoms with Gasteiger partial charge in [-0.3, -0.25) is 19.8 Å². The fraction of sp³-hybridized carbons (Fsp3) is 0.429. The van der Waals surface area contributed by atoms with Crippen molar-refractivity contribution in [2.75, 3.05) is 31.2 Å². The summed E-state index contributed by atoms with van der Waals surface area (Å²) in [5, 5.41) is 17.9. The number of rotatable bonds is 10. The molecule has 0 unspecified atom stereocenters. The number of amidine groups is 1. The molecule has 10 heteroatoms. The molecule has 204 valence electrons. The molecular weight excluding hydrogens is 493 g/mol. The quantitative estimate of drug-likeness (QED) is 0.440. The maximum atomic E-state index is 15.4. The number of nitrogens with one attached hydrogen (secondary N) is 1. The first kappa shape index (κ1) is 28.6. The van der Waals surface area contributed by atoms with E-state index in [1.165, 1.54) is 16.7 Å². The van der Waals surface area contributed by atoms with Crippen molar-refractivity contribution in [1.82, 2.24) is 4.90 Å². The predicted molar refractivity (Wildman–Crippen MR) is 141 cm³/mol. The molecule has 1 aliphatic heterocycles. The second-order valence-corrected chi connectivity index (χ2v) is 10.0. The normalized spacial score (nSPS) is 12.8. The van der Waals surface area contributed by atoms with Crippen LogP contribution in [0.25, 0.3) is 0 Å². The van der Waals surface area contributed by atoms with Crippen LogP contribution in [0.2, 0.25) is 0 Å². The van der Waals surface area contributed by atoms with Crippen molar-refractivity contribution < 1.29 is 33.4 Å². The maximum absolute atomic E-state index is 15.4. The highest BCUT2D eigenvalue weighted by Gasteiger charge is 2.33. The van der Waals surface area contributed by atoms with E-state index in [0.29, 0.717) is 29.0 Å². The molecule has 0 saturated heterocycles. The summed E-state index contributed by atoms with van der Waals surface area (Å²) in [5.74, 6) is -2.48. The van der Waals surface area contributed by atoms with E-state index in [0.717, 1.165) is 0 Å². The van der Waals surface area contributed by atoms with Crippen LogP contribution < -0.4 is 14.4 Å². The van der Waals surface area contributed by atoms with E-state index in [1.54, 1.807) is 38.1 Å². The summed E-state index contributed by atoms with van der Waals surface area (Å²) < 4.78 is 26.4. The van der Waals surface area contributed by atoms with E-state index in [4.69, 9.17) is 14.9 Å². The highest BCUT2D eigenvalue weighted by atomic mass is 19.1. The molecule has 0 saturated carbocycles. The number of aliphatic carboxylic acids is 1. The summed E-state index contributed by atoms with van der Waals surface area (Å²) >= 11 is 0. The zero-order valence-corrected chi connectivity index (χ0v) is 22.6. The van der Waals surface area contributed by atoms with Crippen molar-refractivity contribution in [2.24, 2.45) is 0 Å². The summed E-state index contributed by atoms with van der Waals surface area (Å²) in [4.78, 5) is 39.6. The molecule has 2 N–H and O–H groups in total. The zero-order chi connectivity index (χ0) is 28.4. The van der Waals surface area contributed by atoms with Gasteiger partial charge in [0.05, 0.1) is 25.3 Å². The minimum atomic E-state index is -1.15. The van der Waals surface area contributed by atoms with Crippen LogP contribution in [0.4, 0.5) is 10.1 Å². The Bertz CT molecular complexity index is 1280. The Kier molecular flexibility index (Phi) is 8.44. The molecule has 3 rings (SSSR count). The van der Waals surface area contributed by atoms with Crippen LogP contribution in [0.15, 0.2) is 24.3 Å². The van der Waals surface area contributed by atoms with Crippen LogP contribution in [0.1, 0.15) is 68.6 Å². The van der Waals surface area contributed by atoms with Gasteiger partial charge < -0.3 is 24.4 Å². The number of amides is 1. The molecule has 1 heterocycles. The standard InChI is InChI=1S/C28H34FN3O6/c1-7-37-22-12-18-13-31(27(30)24(18)25(29)26(22)38-8-2)14-21(34)17-9-10-20(19(11-17)28(4,5)6)32(16(3)33)15-23(35)36/h9-12,30H,7-8,13-15H2,1-6H3,(H,35,36). The van der Waals surface area contributed by atoms with Crippen LogP contribution in [0, 0.1) is 11.2 Å². The van der Waals surface area contributed by atoms with E-state index >= 15 is 4.39 Å². The summed E-state index contributed by atoms with van der Waals surface area (Å²) in [6, 6.07) is 6.42. The molecular formula is C28H34FN3O6. The Morgan fingerprint density at radius 3 is 2.34 bits per heavy atom. The number of carbonyl (C=O) groups excluding carboxylic acids is 2. The fourth-order valence-corrected chi connectivity index (χ4v) is 4.47. The van der Waals surface area contributed by atoms with E-state index in [2.05, 4.69) is 0 Å². The molecule has 0 radical (unpaired) electrons. The Morgan fingerprint density at radius 1 is 1.13 bits per heavy atom. The molecule has 1 amide bonds. The van der Waals surface area contributed by atoms with Gasteiger partial charge in [-0.05, 0) is 54.7 Å². The first-order chi connectivity index (χ1) is 17.8. The molecule has 0 fully saturated rings. The molecule has 2 aromatic rings. The first-order valence-electron chi connectivity index (χ1n) is 12.4. The van der Waals surface area contributed by atoms with Crippen LogP contribution >= 0.6 is 0 Å². The molecule has 2 aromatic carbocycles. The lowest BCUT2D eigenvalue weighted by Gasteiger charge is -2.29. The van der Waals surface area contributed by atoms with E-state index in [-0.39, 0.29) is 48.4 Å². The van der Waals surface area contributed by atoms with Gasteiger partial charge in [-0.1, -0.05) is 20.8 Å². The van der Waals surface area contributed by atoms with Gasteiger partial charge in [-0.15, -0.1) is 0 Å².